The van der Waals surface area contributed by atoms with Crippen molar-refractivity contribution >= 4 is 41.5 Å². The molecule has 1 aromatic carbocycles. The Kier molecular flexibility index (Phi) is 11.6. The highest BCUT2D eigenvalue weighted by atomic mass is 127. The first kappa shape index (κ1) is 23.9. The smallest absolute Gasteiger partial charge is 0.387 e. The fourth-order valence-corrected chi connectivity index (χ4v) is 2.72. The summed E-state index contributed by atoms with van der Waals surface area (Å²) >= 11 is 5.96. The number of halogens is 4. The van der Waals surface area contributed by atoms with Crippen LogP contribution in [0.2, 0.25) is 5.02 Å². The minimum Gasteiger partial charge on any atom is -0.434 e. The third-order valence-corrected chi connectivity index (χ3v) is 4.02. The normalized spacial score (nSPS) is 14.4. The molecule has 0 unspecified atom stereocenters. The second kappa shape index (κ2) is 13.1. The number of nitrogens with zero attached hydrogens (tertiary/aromatic N) is 1. The largest absolute Gasteiger partial charge is 0.434 e. The van der Waals surface area contributed by atoms with E-state index in [1.807, 2.05) is 6.92 Å². The summed E-state index contributed by atoms with van der Waals surface area (Å²) in [4.78, 5) is 4.44. The van der Waals surface area contributed by atoms with E-state index in [1.54, 1.807) is 6.07 Å². The Morgan fingerprint density at radius 2 is 2.19 bits per heavy atom. The molecule has 1 heterocycles. The lowest BCUT2D eigenvalue weighted by atomic mass is 10.1. The molecule has 0 spiro atoms. The number of guanidine groups is 1. The van der Waals surface area contributed by atoms with E-state index in [-0.39, 0.29) is 36.3 Å². The molecule has 0 bridgehead atoms. The molecular formula is C18H25ClF2IN3O2. The topological polar surface area (TPSA) is 54.9 Å². The average Bonchev–Trinajstić information content (AvgIpc) is 2.62. The van der Waals surface area contributed by atoms with Crippen molar-refractivity contribution in [1.29, 1.82) is 0 Å². The minimum atomic E-state index is -2.89. The van der Waals surface area contributed by atoms with E-state index in [0.717, 1.165) is 26.0 Å². The van der Waals surface area contributed by atoms with Gasteiger partial charge in [0.05, 0.1) is 19.8 Å². The van der Waals surface area contributed by atoms with Gasteiger partial charge >= 0.3 is 6.61 Å². The van der Waals surface area contributed by atoms with E-state index in [0.29, 0.717) is 29.7 Å². The van der Waals surface area contributed by atoms with Gasteiger partial charge in [-0.3, -0.25) is 0 Å². The minimum absolute atomic E-state index is 0. The van der Waals surface area contributed by atoms with Gasteiger partial charge in [0, 0.05) is 23.7 Å². The number of alkyl halides is 2. The van der Waals surface area contributed by atoms with Crippen molar-refractivity contribution in [2.75, 3.05) is 26.3 Å². The number of benzene rings is 1. The molecule has 1 aliphatic rings. The lowest BCUT2D eigenvalue weighted by Gasteiger charge is -2.16. The summed E-state index contributed by atoms with van der Waals surface area (Å²) < 4.78 is 34.9. The molecule has 0 radical (unpaired) electrons. The molecule has 0 aromatic heterocycles. The van der Waals surface area contributed by atoms with E-state index in [1.165, 1.54) is 17.7 Å². The Hall–Kier alpha value is -1.13. The van der Waals surface area contributed by atoms with Crippen LogP contribution in [0.15, 0.2) is 34.8 Å². The molecule has 0 aliphatic carbocycles. The number of ether oxygens (including phenoxy) is 2. The molecular weight excluding hydrogens is 491 g/mol. The quantitative estimate of drug-likeness (QED) is 0.234. The van der Waals surface area contributed by atoms with Crippen LogP contribution in [0.4, 0.5) is 8.78 Å². The van der Waals surface area contributed by atoms with Gasteiger partial charge in [-0.1, -0.05) is 23.3 Å². The molecule has 0 amide bonds. The van der Waals surface area contributed by atoms with E-state index in [2.05, 4.69) is 26.4 Å². The lowest BCUT2D eigenvalue weighted by molar-refractivity contribution is -0.0504. The molecule has 1 aliphatic heterocycles. The van der Waals surface area contributed by atoms with Crippen molar-refractivity contribution in [3.63, 3.8) is 0 Å². The van der Waals surface area contributed by atoms with Crippen molar-refractivity contribution in [3.8, 4) is 5.75 Å². The molecule has 0 fully saturated rings. The standard InChI is InChI=1S/C18H24ClF2N3O2.HI/c1-2-22-18(23-8-5-13-6-9-25-10-7-13)24-12-14-11-15(19)3-4-16(14)26-17(20)21;/h3-4,6,11,17H,2,5,7-10,12H2,1H3,(H2,22,23,24);1H. The zero-order valence-electron chi connectivity index (χ0n) is 15.1. The first-order chi connectivity index (χ1) is 12.6. The SMILES string of the molecule is CCNC(=NCc1cc(Cl)ccc1OC(F)F)NCCC1=CCOCC1.I. The summed E-state index contributed by atoms with van der Waals surface area (Å²) in [6, 6.07) is 4.52. The number of rotatable bonds is 8. The fourth-order valence-electron chi connectivity index (χ4n) is 2.52. The summed E-state index contributed by atoms with van der Waals surface area (Å²) in [5.74, 6) is 0.694. The van der Waals surface area contributed by atoms with Gasteiger partial charge in [0.2, 0.25) is 0 Å². The first-order valence-electron chi connectivity index (χ1n) is 8.59. The Morgan fingerprint density at radius 3 is 2.85 bits per heavy atom. The van der Waals surface area contributed by atoms with Crippen LogP contribution in [0, 0.1) is 0 Å². The van der Waals surface area contributed by atoms with Crippen LogP contribution >= 0.6 is 35.6 Å². The molecule has 0 saturated carbocycles. The van der Waals surface area contributed by atoms with Crippen molar-refractivity contribution in [2.45, 2.75) is 32.9 Å². The van der Waals surface area contributed by atoms with Gasteiger partial charge in [-0.05, 0) is 38.0 Å². The van der Waals surface area contributed by atoms with Gasteiger partial charge in [0.1, 0.15) is 5.75 Å². The molecule has 27 heavy (non-hydrogen) atoms. The van der Waals surface area contributed by atoms with Gasteiger partial charge < -0.3 is 20.1 Å². The molecule has 5 nitrogen and oxygen atoms in total. The van der Waals surface area contributed by atoms with Crippen LogP contribution in [0.5, 0.6) is 5.75 Å². The summed E-state index contributed by atoms with van der Waals surface area (Å²) in [5.41, 5.74) is 1.86. The van der Waals surface area contributed by atoms with Crippen LogP contribution < -0.4 is 15.4 Å². The van der Waals surface area contributed by atoms with E-state index >= 15 is 0 Å². The predicted molar refractivity (Wildman–Crippen MR) is 114 cm³/mol. The predicted octanol–water partition coefficient (Wildman–Crippen LogP) is 4.35. The highest BCUT2D eigenvalue weighted by Crippen LogP contribution is 2.25. The zero-order chi connectivity index (χ0) is 18.8. The Balaban J connectivity index is 0.00000364. The van der Waals surface area contributed by atoms with Crippen LogP contribution in [0.3, 0.4) is 0 Å². The van der Waals surface area contributed by atoms with E-state index in [9.17, 15) is 8.78 Å². The van der Waals surface area contributed by atoms with Crippen molar-refractivity contribution < 1.29 is 18.3 Å². The lowest BCUT2D eigenvalue weighted by Crippen LogP contribution is -2.38. The molecule has 0 saturated heterocycles. The summed E-state index contributed by atoms with van der Waals surface area (Å²) in [6.45, 7) is 2.11. The van der Waals surface area contributed by atoms with Crippen molar-refractivity contribution in [1.82, 2.24) is 10.6 Å². The fraction of sp³-hybridized carbons (Fsp3) is 0.500. The van der Waals surface area contributed by atoms with E-state index < -0.39 is 6.61 Å². The van der Waals surface area contributed by atoms with Crippen LogP contribution in [-0.2, 0) is 11.3 Å². The number of aliphatic imine (C=N–C) groups is 1. The molecule has 0 atom stereocenters. The van der Waals surface area contributed by atoms with Crippen LogP contribution in [-0.4, -0.2) is 38.9 Å². The third-order valence-electron chi connectivity index (χ3n) is 3.79. The summed E-state index contributed by atoms with van der Waals surface area (Å²) in [7, 11) is 0. The Morgan fingerprint density at radius 1 is 1.37 bits per heavy atom. The average molecular weight is 516 g/mol. The van der Waals surface area contributed by atoms with Gasteiger partial charge in [-0.25, -0.2) is 4.99 Å². The maximum absolute atomic E-state index is 12.5. The number of hydrogen-bond donors (Lipinski definition) is 2. The first-order valence-corrected chi connectivity index (χ1v) is 8.97. The second-order valence-electron chi connectivity index (χ2n) is 5.69. The molecule has 152 valence electrons. The van der Waals surface area contributed by atoms with Crippen LogP contribution in [0.1, 0.15) is 25.3 Å². The van der Waals surface area contributed by atoms with Crippen LogP contribution in [0.25, 0.3) is 0 Å². The Bertz CT molecular complexity index is 645. The van der Waals surface area contributed by atoms with Gasteiger partial charge in [-0.2, -0.15) is 8.78 Å². The second-order valence-corrected chi connectivity index (χ2v) is 6.13. The highest BCUT2D eigenvalue weighted by Gasteiger charge is 2.10. The molecule has 2 rings (SSSR count). The van der Waals surface area contributed by atoms with Crippen molar-refractivity contribution in [3.05, 3.63) is 40.4 Å². The highest BCUT2D eigenvalue weighted by molar-refractivity contribution is 14.0. The number of nitrogens with one attached hydrogen (secondary N) is 2. The third kappa shape index (κ3) is 9.07. The molecule has 2 N–H and O–H groups in total. The van der Waals surface area contributed by atoms with Gasteiger partial charge in [0.15, 0.2) is 5.96 Å². The summed E-state index contributed by atoms with van der Waals surface area (Å²) in [6.07, 6.45) is 3.96. The summed E-state index contributed by atoms with van der Waals surface area (Å²) in [5, 5.41) is 6.83. The number of hydrogen-bond acceptors (Lipinski definition) is 3. The molecule has 1 aromatic rings. The maximum Gasteiger partial charge on any atom is 0.387 e. The Labute approximate surface area is 180 Å². The molecule has 9 heteroatoms. The van der Waals surface area contributed by atoms with Gasteiger partial charge in [0.25, 0.3) is 0 Å². The maximum atomic E-state index is 12.5. The van der Waals surface area contributed by atoms with Gasteiger partial charge in [-0.15, -0.1) is 24.0 Å². The monoisotopic (exact) mass is 515 g/mol. The zero-order valence-corrected chi connectivity index (χ0v) is 18.2. The van der Waals surface area contributed by atoms with Crippen molar-refractivity contribution in [2.24, 2.45) is 4.99 Å². The van der Waals surface area contributed by atoms with E-state index in [4.69, 9.17) is 16.3 Å².